The topological polar surface area (TPSA) is 146 Å². The highest BCUT2D eigenvalue weighted by atomic mass is 16.6. The molecule has 1 aromatic heterocycles. The van der Waals surface area contributed by atoms with Gasteiger partial charge in [0.05, 0.1) is 23.0 Å². The Morgan fingerprint density at radius 1 is 1.08 bits per heavy atom. The number of rotatable bonds is 5. The highest BCUT2D eigenvalue weighted by molar-refractivity contribution is 6.00. The number of ether oxygens (including phenoxy) is 1. The molecule has 0 aliphatic heterocycles. The van der Waals surface area contributed by atoms with Crippen LogP contribution in [0.15, 0.2) is 35.0 Å². The molecular formula is C13H9N5O6. The maximum atomic E-state index is 11.3. The molecule has 0 radical (unpaired) electrons. The summed E-state index contributed by atoms with van der Waals surface area (Å²) in [6, 6.07) is 7.44. The van der Waals surface area contributed by atoms with Crippen LogP contribution in [0.4, 0.5) is 22.7 Å². The van der Waals surface area contributed by atoms with Gasteiger partial charge >= 0.3 is 11.4 Å². The number of nitro benzene ring substituents is 2. The zero-order valence-corrected chi connectivity index (χ0v) is 12.1. The Bertz CT molecular complexity index is 953. The van der Waals surface area contributed by atoms with Crippen LogP contribution in [-0.4, -0.2) is 27.3 Å². The van der Waals surface area contributed by atoms with Gasteiger partial charge in [-0.15, -0.1) is 0 Å². The van der Waals surface area contributed by atoms with Gasteiger partial charge in [0.2, 0.25) is 5.52 Å². The van der Waals surface area contributed by atoms with Gasteiger partial charge in [-0.1, -0.05) is 6.07 Å². The number of aromatic nitrogens is 2. The molecule has 11 heteroatoms. The first-order chi connectivity index (χ1) is 11.5. The number of nitro groups is 2. The van der Waals surface area contributed by atoms with Crippen LogP contribution < -0.4 is 10.1 Å². The third kappa shape index (κ3) is 2.54. The van der Waals surface area contributed by atoms with Crippen molar-refractivity contribution in [3.8, 4) is 5.75 Å². The Morgan fingerprint density at radius 2 is 1.79 bits per heavy atom. The van der Waals surface area contributed by atoms with Gasteiger partial charge in [0.15, 0.2) is 5.52 Å². The number of nitrogens with zero attached hydrogens (tertiary/aromatic N) is 4. The zero-order valence-electron chi connectivity index (χ0n) is 12.1. The fourth-order valence-corrected chi connectivity index (χ4v) is 2.16. The maximum absolute atomic E-state index is 11.3. The highest BCUT2D eigenvalue weighted by Gasteiger charge is 2.29. The normalized spacial score (nSPS) is 10.5. The van der Waals surface area contributed by atoms with E-state index in [1.165, 1.54) is 7.11 Å². The molecule has 0 bridgehead atoms. The minimum atomic E-state index is -0.783. The summed E-state index contributed by atoms with van der Waals surface area (Å²) < 4.78 is 9.61. The number of hydrogen-bond donors (Lipinski definition) is 1. The van der Waals surface area contributed by atoms with E-state index in [0.29, 0.717) is 11.4 Å². The first-order valence-corrected chi connectivity index (χ1v) is 6.50. The summed E-state index contributed by atoms with van der Waals surface area (Å²) in [4.78, 5) is 20.9. The average Bonchev–Trinajstić information content (AvgIpc) is 3.04. The fourth-order valence-electron chi connectivity index (χ4n) is 2.16. The van der Waals surface area contributed by atoms with Gasteiger partial charge in [-0.25, -0.2) is 4.63 Å². The standard InChI is InChI=1S/C13H9N5O6/c1-23-8-4-2-3-7(5-8)14-11-9(17(19)20)6-10(18(21)22)12-13(11)16-24-15-12/h2-6,14H,1H3. The molecule has 0 fully saturated rings. The molecule has 2 aromatic carbocycles. The Morgan fingerprint density at radius 3 is 2.46 bits per heavy atom. The van der Waals surface area contributed by atoms with E-state index in [9.17, 15) is 20.2 Å². The fraction of sp³-hybridized carbons (Fsp3) is 0.0769. The SMILES string of the molecule is COc1cccc(Nc2c([N+](=O)[O-])cc([N+](=O)[O-])c3nonc23)c1. The number of hydrogen-bond acceptors (Lipinski definition) is 9. The van der Waals surface area contributed by atoms with Crippen LogP contribution in [0.2, 0.25) is 0 Å². The summed E-state index contributed by atoms with van der Waals surface area (Å²) in [5.41, 5.74) is -0.970. The van der Waals surface area contributed by atoms with E-state index in [2.05, 4.69) is 20.3 Å². The van der Waals surface area contributed by atoms with Gasteiger partial charge < -0.3 is 10.1 Å². The lowest BCUT2D eigenvalue weighted by molar-refractivity contribution is -0.392. The van der Waals surface area contributed by atoms with Crippen LogP contribution in [-0.2, 0) is 0 Å². The van der Waals surface area contributed by atoms with Crippen LogP contribution in [0.5, 0.6) is 5.75 Å². The Hall–Kier alpha value is -3.76. The van der Waals surface area contributed by atoms with E-state index in [1.807, 2.05) is 0 Å². The Labute approximate surface area is 133 Å². The molecule has 0 saturated heterocycles. The molecule has 0 saturated carbocycles. The average molecular weight is 331 g/mol. The number of anilines is 2. The van der Waals surface area contributed by atoms with Gasteiger partial charge in [-0.2, -0.15) is 0 Å². The molecule has 1 N–H and O–H groups in total. The lowest BCUT2D eigenvalue weighted by atomic mass is 10.2. The van der Waals surface area contributed by atoms with Crippen molar-refractivity contribution in [1.82, 2.24) is 10.3 Å². The van der Waals surface area contributed by atoms with Crippen molar-refractivity contribution >= 4 is 33.8 Å². The summed E-state index contributed by atoms with van der Waals surface area (Å²) in [5, 5.41) is 32.2. The minimum Gasteiger partial charge on any atom is -0.497 e. The highest BCUT2D eigenvalue weighted by Crippen LogP contribution is 2.39. The molecule has 3 rings (SSSR count). The van der Waals surface area contributed by atoms with Gasteiger partial charge in [0.25, 0.3) is 0 Å². The first-order valence-electron chi connectivity index (χ1n) is 6.50. The first kappa shape index (κ1) is 15.1. The monoisotopic (exact) mass is 331 g/mol. The second kappa shape index (κ2) is 5.79. The van der Waals surface area contributed by atoms with Gasteiger partial charge in [-0.3, -0.25) is 20.2 Å². The molecule has 0 spiro atoms. The molecule has 24 heavy (non-hydrogen) atoms. The molecular weight excluding hydrogens is 322 g/mol. The third-order valence-corrected chi connectivity index (χ3v) is 3.23. The van der Waals surface area contributed by atoms with Crippen LogP contribution in [0.3, 0.4) is 0 Å². The second-order valence-corrected chi connectivity index (χ2v) is 4.62. The lowest BCUT2D eigenvalue weighted by Gasteiger charge is -2.08. The van der Waals surface area contributed by atoms with Crippen LogP contribution >= 0.6 is 0 Å². The van der Waals surface area contributed by atoms with Gasteiger partial charge in [0, 0.05) is 11.8 Å². The number of nitrogens with one attached hydrogen (secondary N) is 1. The Balaban J connectivity index is 2.20. The summed E-state index contributed by atoms with van der Waals surface area (Å²) in [6.07, 6.45) is 0. The van der Waals surface area contributed by atoms with Crippen LogP contribution in [0, 0.1) is 20.2 Å². The summed E-state index contributed by atoms with van der Waals surface area (Å²) in [7, 11) is 1.48. The molecule has 122 valence electrons. The minimum absolute atomic E-state index is 0.0601. The third-order valence-electron chi connectivity index (χ3n) is 3.23. The molecule has 0 aliphatic rings. The maximum Gasteiger partial charge on any atom is 0.307 e. The van der Waals surface area contributed by atoms with E-state index in [-0.39, 0.29) is 16.7 Å². The van der Waals surface area contributed by atoms with E-state index in [4.69, 9.17) is 4.74 Å². The summed E-state index contributed by atoms with van der Waals surface area (Å²) in [6.45, 7) is 0. The van der Waals surface area contributed by atoms with Crippen LogP contribution in [0.25, 0.3) is 11.0 Å². The molecule has 1 heterocycles. The molecule has 11 nitrogen and oxygen atoms in total. The van der Waals surface area contributed by atoms with E-state index in [1.54, 1.807) is 24.3 Å². The second-order valence-electron chi connectivity index (χ2n) is 4.62. The van der Waals surface area contributed by atoms with Crippen molar-refractivity contribution in [2.24, 2.45) is 0 Å². The van der Waals surface area contributed by atoms with Crippen molar-refractivity contribution in [3.05, 3.63) is 50.6 Å². The van der Waals surface area contributed by atoms with Crippen LogP contribution in [0.1, 0.15) is 0 Å². The van der Waals surface area contributed by atoms with Crippen molar-refractivity contribution in [3.63, 3.8) is 0 Å². The smallest absolute Gasteiger partial charge is 0.307 e. The zero-order chi connectivity index (χ0) is 17.3. The summed E-state index contributed by atoms with van der Waals surface area (Å²) in [5.74, 6) is 0.527. The Kier molecular flexibility index (Phi) is 3.66. The number of benzene rings is 2. The van der Waals surface area contributed by atoms with Crippen molar-refractivity contribution in [2.75, 3.05) is 12.4 Å². The van der Waals surface area contributed by atoms with Crippen molar-refractivity contribution in [1.29, 1.82) is 0 Å². The lowest BCUT2D eigenvalue weighted by Crippen LogP contribution is -2.01. The molecule has 3 aromatic rings. The van der Waals surface area contributed by atoms with Gasteiger partial charge in [-0.05, 0) is 22.4 Å². The quantitative estimate of drug-likeness (QED) is 0.550. The molecule has 0 atom stereocenters. The number of non-ortho nitro benzene ring substituents is 1. The predicted octanol–water partition coefficient (Wildman–Crippen LogP) is 2.79. The molecule has 0 unspecified atom stereocenters. The molecule has 0 aliphatic carbocycles. The van der Waals surface area contributed by atoms with Gasteiger partial charge in [0.1, 0.15) is 11.4 Å². The number of methoxy groups -OCH3 is 1. The summed E-state index contributed by atoms with van der Waals surface area (Å²) >= 11 is 0. The van der Waals surface area contributed by atoms with Crippen molar-refractivity contribution in [2.45, 2.75) is 0 Å². The van der Waals surface area contributed by atoms with E-state index < -0.39 is 21.2 Å². The molecule has 0 amide bonds. The van der Waals surface area contributed by atoms with Crippen molar-refractivity contribution < 1.29 is 19.2 Å². The number of fused-ring (bicyclic) bond motifs is 1. The van der Waals surface area contributed by atoms with E-state index in [0.717, 1.165) is 6.07 Å². The van der Waals surface area contributed by atoms with E-state index >= 15 is 0 Å². The largest absolute Gasteiger partial charge is 0.497 e. The predicted molar refractivity (Wildman–Crippen MR) is 81.4 cm³/mol.